The fourth-order valence-corrected chi connectivity index (χ4v) is 3.74. The van der Waals surface area contributed by atoms with E-state index >= 15 is 0 Å². The largest absolute Gasteiger partial charge is 0.481 e. The highest BCUT2D eigenvalue weighted by Crippen LogP contribution is 2.21. The number of unbranched alkanes of at least 4 members (excludes halogenated alkanes) is 1. The maximum atomic E-state index is 12.3. The molecule has 1 amide bonds. The van der Waals surface area contributed by atoms with Gasteiger partial charge in [0, 0.05) is 13.0 Å². The Labute approximate surface area is 216 Å². The molecule has 0 radical (unpaired) electrons. The molecule has 0 aliphatic rings. The Morgan fingerprint density at radius 2 is 1.43 bits per heavy atom. The monoisotopic (exact) mass is 503 g/mol. The summed E-state index contributed by atoms with van der Waals surface area (Å²) in [4.78, 5) is 35.1. The maximum Gasteiger partial charge on any atom is 0.303 e. The van der Waals surface area contributed by atoms with Crippen molar-refractivity contribution in [3.8, 4) is 11.1 Å². The quantitative estimate of drug-likeness (QED) is 0.150. The number of aliphatic carboxylic acids is 1. The second-order valence-electron chi connectivity index (χ2n) is 8.75. The van der Waals surface area contributed by atoms with Crippen LogP contribution in [0.25, 0.3) is 11.1 Å². The third-order valence-corrected chi connectivity index (χ3v) is 5.84. The molecule has 0 atom stereocenters. The van der Waals surface area contributed by atoms with E-state index in [1.807, 2.05) is 0 Å². The van der Waals surface area contributed by atoms with Gasteiger partial charge >= 0.3 is 5.97 Å². The maximum absolute atomic E-state index is 12.3. The summed E-state index contributed by atoms with van der Waals surface area (Å²) in [5, 5.41) is 11.2. The number of carboxylic acids is 1. The molecule has 3 rings (SSSR count). The number of hydrogen-bond acceptors (Lipinski definition) is 7. The number of nitrogens with zero attached hydrogens (tertiary/aromatic N) is 3. The van der Waals surface area contributed by atoms with Crippen molar-refractivity contribution in [2.45, 2.75) is 45.4 Å². The molecule has 37 heavy (non-hydrogen) atoms. The Hall–Kier alpha value is -4.47. The number of nitrogens with two attached hydrogens (primary N) is 3. The predicted octanol–water partition coefficient (Wildman–Crippen LogP) is 3.09. The lowest BCUT2D eigenvalue weighted by molar-refractivity contribution is -0.137. The van der Waals surface area contributed by atoms with Crippen LogP contribution in [-0.2, 0) is 17.6 Å². The van der Waals surface area contributed by atoms with Gasteiger partial charge in [-0.25, -0.2) is 9.97 Å². The fraction of sp³-hybridized carbons (Fsp3) is 0.296. The van der Waals surface area contributed by atoms with Crippen molar-refractivity contribution >= 4 is 29.5 Å². The van der Waals surface area contributed by atoms with Crippen LogP contribution in [0.2, 0.25) is 0 Å². The number of benzene rings is 2. The van der Waals surface area contributed by atoms with Crippen LogP contribution in [0.3, 0.4) is 0 Å². The Bertz CT molecular complexity index is 1260. The van der Waals surface area contributed by atoms with Crippen LogP contribution in [0.15, 0.2) is 53.5 Å². The van der Waals surface area contributed by atoms with Gasteiger partial charge in [-0.1, -0.05) is 48.5 Å². The molecule has 2 aromatic carbocycles. The molecular formula is C27H33N7O3. The van der Waals surface area contributed by atoms with Crippen LogP contribution >= 0.6 is 0 Å². The molecule has 1 aromatic heterocycles. The topological polar surface area (TPSA) is 183 Å². The van der Waals surface area contributed by atoms with Crippen LogP contribution in [0.1, 0.15) is 53.0 Å². The normalized spacial score (nSPS) is 11.3. The summed E-state index contributed by atoms with van der Waals surface area (Å²) >= 11 is 0. The third-order valence-electron chi connectivity index (χ3n) is 5.84. The molecule has 0 fully saturated rings. The van der Waals surface area contributed by atoms with E-state index in [1.165, 1.54) is 5.56 Å². The smallest absolute Gasteiger partial charge is 0.303 e. The first kappa shape index (κ1) is 27.1. The number of amides is 1. The average Bonchev–Trinajstić information content (AvgIpc) is 2.86. The molecule has 0 saturated carbocycles. The average molecular weight is 504 g/mol. The molecule has 8 N–H and O–H groups in total. The first-order valence-corrected chi connectivity index (χ1v) is 12.1. The van der Waals surface area contributed by atoms with Gasteiger partial charge < -0.3 is 22.3 Å². The summed E-state index contributed by atoms with van der Waals surface area (Å²) in [6.45, 7) is 2.11. The lowest BCUT2D eigenvalue weighted by atomic mass is 9.99. The molecule has 0 unspecified atom stereocenters. The molecule has 10 nitrogen and oxygen atoms in total. The van der Waals surface area contributed by atoms with Crippen LogP contribution in [0.5, 0.6) is 0 Å². The number of hydrogen-bond donors (Lipinski definition) is 5. The van der Waals surface area contributed by atoms with Crippen molar-refractivity contribution in [2.75, 3.05) is 18.0 Å². The minimum absolute atomic E-state index is 0.00191. The van der Waals surface area contributed by atoms with Gasteiger partial charge in [0.05, 0.1) is 5.69 Å². The molecular weight excluding hydrogens is 470 g/mol. The number of aryl methyl sites for hydroxylation is 3. The standard InChI is InChI=1S/C27H33N7O3/c1-17-24(28)33-25(29)23(32-17)26(37)34-27(30)31-16-3-2-5-18-8-12-20(13-9-18)21-14-10-19(11-15-21)6-4-7-22(35)36/h8-15H,2-7,16H2,1H3,(H,35,36)(H4,28,29,33)(H3,30,31,34,37). The molecule has 0 aliphatic carbocycles. The molecule has 10 heteroatoms. The van der Waals surface area contributed by atoms with Crippen LogP contribution in [-0.4, -0.2) is 39.5 Å². The van der Waals surface area contributed by atoms with Gasteiger partial charge in [-0.05, 0) is 61.3 Å². The summed E-state index contributed by atoms with van der Waals surface area (Å²) in [6, 6.07) is 16.7. The van der Waals surface area contributed by atoms with E-state index in [9.17, 15) is 9.59 Å². The predicted molar refractivity (Wildman–Crippen MR) is 145 cm³/mol. The molecule has 0 saturated heterocycles. The zero-order valence-electron chi connectivity index (χ0n) is 20.9. The third kappa shape index (κ3) is 8.31. The van der Waals surface area contributed by atoms with Gasteiger partial charge in [-0.3, -0.25) is 19.9 Å². The number of guanidine groups is 1. The Balaban J connectivity index is 1.41. The highest BCUT2D eigenvalue weighted by atomic mass is 16.4. The summed E-state index contributed by atoms with van der Waals surface area (Å²) in [6.07, 6.45) is 4.23. The van der Waals surface area contributed by atoms with Gasteiger partial charge in [0.1, 0.15) is 5.82 Å². The Kier molecular flexibility index (Phi) is 9.54. The minimum atomic E-state index is -0.760. The van der Waals surface area contributed by atoms with Gasteiger partial charge in [0.2, 0.25) is 0 Å². The minimum Gasteiger partial charge on any atom is -0.481 e. The molecule has 0 bridgehead atoms. The van der Waals surface area contributed by atoms with Crippen molar-refractivity contribution in [3.63, 3.8) is 0 Å². The first-order chi connectivity index (χ1) is 17.7. The fourth-order valence-electron chi connectivity index (χ4n) is 3.74. The Morgan fingerprint density at radius 3 is 2.00 bits per heavy atom. The second kappa shape index (κ2) is 13.0. The van der Waals surface area contributed by atoms with E-state index in [0.717, 1.165) is 42.4 Å². The Morgan fingerprint density at radius 1 is 0.865 bits per heavy atom. The van der Waals surface area contributed by atoms with Crippen LogP contribution < -0.4 is 22.5 Å². The van der Waals surface area contributed by atoms with Gasteiger partial charge in [0.25, 0.3) is 5.91 Å². The first-order valence-electron chi connectivity index (χ1n) is 12.1. The number of carbonyl (C=O) groups excluding carboxylic acids is 1. The second-order valence-corrected chi connectivity index (χ2v) is 8.75. The summed E-state index contributed by atoms with van der Waals surface area (Å²) in [5.74, 6) is -1.24. The molecule has 3 aromatic rings. The van der Waals surface area contributed by atoms with Crippen LogP contribution in [0.4, 0.5) is 11.6 Å². The molecule has 194 valence electrons. The molecule has 0 aliphatic heterocycles. The van der Waals surface area contributed by atoms with Gasteiger partial charge in [-0.15, -0.1) is 0 Å². The lowest BCUT2D eigenvalue weighted by Crippen LogP contribution is -2.38. The summed E-state index contributed by atoms with van der Waals surface area (Å²) in [5.41, 5.74) is 22.2. The van der Waals surface area contributed by atoms with E-state index in [1.54, 1.807) is 6.92 Å². The van der Waals surface area contributed by atoms with Crippen molar-refractivity contribution in [1.82, 2.24) is 15.3 Å². The zero-order chi connectivity index (χ0) is 26.8. The number of carboxylic acid groups (broad SMARTS) is 1. The number of rotatable bonds is 11. The number of carbonyl (C=O) groups is 2. The van der Waals surface area contributed by atoms with E-state index < -0.39 is 11.9 Å². The van der Waals surface area contributed by atoms with Crippen molar-refractivity contribution in [3.05, 3.63) is 71.0 Å². The lowest BCUT2D eigenvalue weighted by Gasteiger charge is -2.08. The number of nitrogens with one attached hydrogen (secondary N) is 1. The van der Waals surface area contributed by atoms with E-state index in [0.29, 0.717) is 18.7 Å². The highest BCUT2D eigenvalue weighted by molar-refractivity contribution is 6.06. The van der Waals surface area contributed by atoms with E-state index in [4.69, 9.17) is 22.3 Å². The van der Waals surface area contributed by atoms with Crippen LogP contribution in [0, 0.1) is 6.92 Å². The van der Waals surface area contributed by atoms with Gasteiger partial charge in [-0.2, -0.15) is 0 Å². The van der Waals surface area contributed by atoms with Gasteiger partial charge in [0.15, 0.2) is 17.5 Å². The number of aliphatic imine (C=N–C) groups is 1. The van der Waals surface area contributed by atoms with Crippen molar-refractivity contribution in [1.29, 1.82) is 0 Å². The zero-order valence-corrected chi connectivity index (χ0v) is 20.9. The number of nitrogen functional groups attached to an aromatic ring is 2. The number of aromatic nitrogens is 2. The SMILES string of the molecule is Cc1nc(C(=O)NC(N)=NCCCCc2ccc(-c3ccc(CCCC(=O)O)cc3)cc2)c(N)nc1N. The van der Waals surface area contributed by atoms with E-state index in [-0.39, 0.29) is 29.7 Å². The van der Waals surface area contributed by atoms with Crippen molar-refractivity contribution in [2.24, 2.45) is 10.7 Å². The molecule has 1 heterocycles. The van der Waals surface area contributed by atoms with Crippen molar-refractivity contribution < 1.29 is 14.7 Å². The summed E-state index contributed by atoms with van der Waals surface area (Å²) < 4.78 is 0. The molecule has 0 spiro atoms. The summed E-state index contributed by atoms with van der Waals surface area (Å²) in [7, 11) is 0. The number of anilines is 2. The highest BCUT2D eigenvalue weighted by Gasteiger charge is 2.15. The van der Waals surface area contributed by atoms with E-state index in [2.05, 4.69) is 68.8 Å².